The molecule has 5 nitrogen and oxygen atoms in total. The molecule has 3 aromatic rings. The second kappa shape index (κ2) is 6.94. The van der Waals surface area contributed by atoms with Crippen molar-refractivity contribution in [3.63, 3.8) is 0 Å². The zero-order chi connectivity index (χ0) is 17.0. The van der Waals surface area contributed by atoms with Crippen molar-refractivity contribution >= 4 is 10.0 Å². The first-order valence-corrected chi connectivity index (χ1v) is 8.82. The van der Waals surface area contributed by atoms with E-state index in [1.54, 1.807) is 6.20 Å². The monoisotopic (exact) mass is 345 g/mol. The fourth-order valence-corrected chi connectivity index (χ4v) is 3.24. The third-order valence-corrected chi connectivity index (χ3v) is 4.93. The van der Waals surface area contributed by atoms with Crippen molar-refractivity contribution in [1.82, 2.24) is 14.5 Å². The Kier molecular flexibility index (Phi) is 4.73. The van der Waals surface area contributed by atoms with Crippen molar-refractivity contribution in [2.75, 3.05) is 0 Å². The van der Waals surface area contributed by atoms with E-state index in [0.29, 0.717) is 6.54 Å². The molecule has 0 saturated heterocycles. The molecule has 0 atom stereocenters. The van der Waals surface area contributed by atoms with Gasteiger partial charge in [-0.3, -0.25) is 4.68 Å². The van der Waals surface area contributed by atoms with Crippen molar-refractivity contribution in [2.45, 2.75) is 18.0 Å². The standard InChI is InChI=1S/C17H16FN3O2S/c18-16-6-8-17(9-7-16)24(22,23)20-12-14-2-4-15(5-3-14)13-21-11-1-10-19-21/h1-11,20H,12-13H2. The lowest BCUT2D eigenvalue weighted by Crippen LogP contribution is -2.23. The largest absolute Gasteiger partial charge is 0.268 e. The van der Waals surface area contributed by atoms with Crippen molar-refractivity contribution in [1.29, 1.82) is 0 Å². The second-order valence-corrected chi connectivity index (χ2v) is 7.07. The van der Waals surface area contributed by atoms with Gasteiger partial charge in [0, 0.05) is 18.9 Å². The van der Waals surface area contributed by atoms with E-state index in [1.807, 2.05) is 41.2 Å². The molecule has 0 aliphatic heterocycles. The Bertz CT molecular complexity index is 890. The molecule has 1 N–H and O–H groups in total. The highest BCUT2D eigenvalue weighted by Crippen LogP contribution is 2.11. The van der Waals surface area contributed by atoms with Crippen LogP contribution in [0.3, 0.4) is 0 Å². The van der Waals surface area contributed by atoms with Crippen LogP contribution in [0.25, 0.3) is 0 Å². The fraction of sp³-hybridized carbons (Fsp3) is 0.118. The van der Waals surface area contributed by atoms with Gasteiger partial charge in [0.25, 0.3) is 0 Å². The lowest BCUT2D eigenvalue weighted by Gasteiger charge is -2.08. The third-order valence-electron chi connectivity index (χ3n) is 3.52. The summed E-state index contributed by atoms with van der Waals surface area (Å²) >= 11 is 0. The Morgan fingerprint density at radius 1 is 1.00 bits per heavy atom. The number of nitrogens with zero attached hydrogens (tertiary/aromatic N) is 2. The molecular weight excluding hydrogens is 329 g/mol. The summed E-state index contributed by atoms with van der Waals surface area (Å²) in [5.74, 6) is -0.471. The Morgan fingerprint density at radius 2 is 1.67 bits per heavy atom. The zero-order valence-electron chi connectivity index (χ0n) is 12.8. The molecule has 0 aliphatic carbocycles. The maximum atomic E-state index is 12.9. The van der Waals surface area contributed by atoms with Gasteiger partial charge >= 0.3 is 0 Å². The summed E-state index contributed by atoms with van der Waals surface area (Å²) in [6.07, 6.45) is 3.60. The summed E-state index contributed by atoms with van der Waals surface area (Å²) in [6, 6.07) is 14.2. The number of hydrogen-bond acceptors (Lipinski definition) is 3. The van der Waals surface area contributed by atoms with Crippen LogP contribution in [0.1, 0.15) is 11.1 Å². The van der Waals surface area contributed by atoms with E-state index in [4.69, 9.17) is 0 Å². The summed E-state index contributed by atoms with van der Waals surface area (Å²) < 4.78 is 41.5. The van der Waals surface area contributed by atoms with Crippen LogP contribution in [0, 0.1) is 5.82 Å². The highest BCUT2D eigenvalue weighted by Gasteiger charge is 2.13. The van der Waals surface area contributed by atoms with Gasteiger partial charge in [0.05, 0.1) is 11.4 Å². The van der Waals surface area contributed by atoms with Crippen molar-refractivity contribution in [3.8, 4) is 0 Å². The average molecular weight is 345 g/mol. The Balaban J connectivity index is 1.62. The predicted molar refractivity (Wildman–Crippen MR) is 88.2 cm³/mol. The lowest BCUT2D eigenvalue weighted by molar-refractivity contribution is 0.580. The molecule has 0 radical (unpaired) electrons. The first-order valence-electron chi connectivity index (χ1n) is 7.33. The van der Waals surface area contributed by atoms with Crippen molar-refractivity contribution < 1.29 is 12.8 Å². The minimum atomic E-state index is -3.66. The van der Waals surface area contributed by atoms with Crippen LogP contribution in [0.2, 0.25) is 0 Å². The van der Waals surface area contributed by atoms with E-state index in [0.717, 1.165) is 23.3 Å². The normalized spacial score (nSPS) is 11.5. The van der Waals surface area contributed by atoms with E-state index in [2.05, 4.69) is 9.82 Å². The Labute approximate surface area is 139 Å². The van der Waals surface area contributed by atoms with Gasteiger partial charge in [-0.25, -0.2) is 17.5 Å². The van der Waals surface area contributed by atoms with Crippen LogP contribution in [0.5, 0.6) is 0 Å². The van der Waals surface area contributed by atoms with Crippen LogP contribution < -0.4 is 4.72 Å². The minimum Gasteiger partial charge on any atom is -0.268 e. The molecule has 1 heterocycles. The topological polar surface area (TPSA) is 64.0 Å². The summed E-state index contributed by atoms with van der Waals surface area (Å²) in [5.41, 5.74) is 1.91. The number of benzene rings is 2. The molecule has 0 saturated carbocycles. The number of nitrogens with one attached hydrogen (secondary N) is 1. The molecule has 0 bridgehead atoms. The van der Waals surface area contributed by atoms with E-state index in [-0.39, 0.29) is 11.4 Å². The first-order chi connectivity index (χ1) is 11.5. The SMILES string of the molecule is O=S(=O)(NCc1ccc(Cn2cccn2)cc1)c1ccc(F)cc1. The van der Waals surface area contributed by atoms with Gasteiger partial charge in [0.1, 0.15) is 5.82 Å². The van der Waals surface area contributed by atoms with Crippen LogP contribution >= 0.6 is 0 Å². The van der Waals surface area contributed by atoms with Gasteiger partial charge < -0.3 is 0 Å². The smallest absolute Gasteiger partial charge is 0.240 e. The molecule has 7 heteroatoms. The summed E-state index contributed by atoms with van der Waals surface area (Å²) in [5, 5.41) is 4.14. The maximum absolute atomic E-state index is 12.9. The van der Waals surface area contributed by atoms with Gasteiger partial charge in [0.15, 0.2) is 0 Å². The minimum absolute atomic E-state index is 0.0409. The second-order valence-electron chi connectivity index (χ2n) is 5.30. The number of aromatic nitrogens is 2. The fourth-order valence-electron chi connectivity index (χ4n) is 2.22. The molecule has 1 aromatic heterocycles. The van der Waals surface area contributed by atoms with Crippen molar-refractivity contribution in [2.24, 2.45) is 0 Å². The van der Waals surface area contributed by atoms with Gasteiger partial charge in [-0.15, -0.1) is 0 Å². The number of sulfonamides is 1. The predicted octanol–water partition coefficient (Wildman–Crippen LogP) is 2.55. The molecule has 0 fully saturated rings. The molecule has 0 spiro atoms. The van der Waals surface area contributed by atoms with Gasteiger partial charge in [-0.2, -0.15) is 5.10 Å². The van der Waals surface area contributed by atoms with Crippen LogP contribution in [-0.2, 0) is 23.1 Å². The molecule has 2 aromatic carbocycles. The Morgan fingerprint density at radius 3 is 2.29 bits per heavy atom. The maximum Gasteiger partial charge on any atom is 0.240 e. The highest BCUT2D eigenvalue weighted by molar-refractivity contribution is 7.89. The molecule has 3 rings (SSSR count). The van der Waals surface area contributed by atoms with Gasteiger partial charge in [0.2, 0.25) is 10.0 Å². The van der Waals surface area contributed by atoms with Crippen LogP contribution in [0.15, 0.2) is 71.9 Å². The molecule has 124 valence electrons. The van der Waals surface area contributed by atoms with Gasteiger partial charge in [-0.05, 0) is 41.5 Å². The quantitative estimate of drug-likeness (QED) is 0.747. The van der Waals surface area contributed by atoms with Gasteiger partial charge in [-0.1, -0.05) is 24.3 Å². The summed E-state index contributed by atoms with van der Waals surface area (Å²) in [4.78, 5) is 0.0409. The van der Waals surface area contributed by atoms with E-state index < -0.39 is 15.8 Å². The summed E-state index contributed by atoms with van der Waals surface area (Å²) in [6.45, 7) is 0.830. The Hall–Kier alpha value is -2.51. The highest BCUT2D eigenvalue weighted by atomic mass is 32.2. The summed E-state index contributed by atoms with van der Waals surface area (Å²) in [7, 11) is -3.66. The zero-order valence-corrected chi connectivity index (χ0v) is 13.6. The van der Waals surface area contributed by atoms with E-state index >= 15 is 0 Å². The third kappa shape index (κ3) is 4.06. The molecule has 24 heavy (non-hydrogen) atoms. The number of halogens is 1. The number of hydrogen-bond donors (Lipinski definition) is 1. The number of rotatable bonds is 6. The molecule has 0 unspecified atom stereocenters. The molecule has 0 amide bonds. The van der Waals surface area contributed by atoms with E-state index in [9.17, 15) is 12.8 Å². The van der Waals surface area contributed by atoms with E-state index in [1.165, 1.54) is 12.1 Å². The average Bonchev–Trinajstić information content (AvgIpc) is 3.08. The van der Waals surface area contributed by atoms with Crippen molar-refractivity contribution in [3.05, 3.63) is 83.9 Å². The molecular formula is C17H16FN3O2S. The lowest BCUT2D eigenvalue weighted by atomic mass is 10.1. The molecule has 0 aliphatic rings. The van der Waals surface area contributed by atoms with Crippen LogP contribution in [0.4, 0.5) is 4.39 Å². The van der Waals surface area contributed by atoms with Crippen LogP contribution in [-0.4, -0.2) is 18.2 Å². The first kappa shape index (κ1) is 16.4.